The molecule has 5 heteroatoms. The fourth-order valence-corrected chi connectivity index (χ4v) is 1.84. The highest BCUT2D eigenvalue weighted by atomic mass is 16.2. The van der Waals surface area contributed by atoms with Gasteiger partial charge in [0.2, 0.25) is 0 Å². The number of pyridine rings is 1. The van der Waals surface area contributed by atoms with Crippen molar-refractivity contribution in [3.05, 3.63) is 53.9 Å². The van der Waals surface area contributed by atoms with E-state index in [1.54, 1.807) is 36.5 Å². The minimum Gasteiger partial charge on any atom is -0.354 e. The molecular weight excluding hydrogens is 276 g/mol. The number of hydrogen-bond acceptors (Lipinski definition) is 4. The quantitative estimate of drug-likeness (QED) is 0.911. The molecule has 2 rings (SSSR count). The molecule has 1 aromatic heterocycles. The molecule has 2 N–H and O–H groups in total. The Labute approximate surface area is 130 Å². The molecule has 0 saturated carbocycles. The SMILES string of the molecule is CC(C)(C)NC(=O)c1ccc(Nc2cccc(C#N)c2)cn1. The van der Waals surface area contributed by atoms with Crippen molar-refractivity contribution in [2.24, 2.45) is 0 Å². The third-order valence-corrected chi connectivity index (χ3v) is 2.76. The third-order valence-electron chi connectivity index (χ3n) is 2.76. The van der Waals surface area contributed by atoms with Gasteiger partial charge in [0.05, 0.1) is 23.5 Å². The Morgan fingerprint density at radius 2 is 1.95 bits per heavy atom. The molecule has 0 radical (unpaired) electrons. The fourth-order valence-electron chi connectivity index (χ4n) is 1.84. The van der Waals surface area contributed by atoms with Crippen LogP contribution >= 0.6 is 0 Å². The molecule has 5 nitrogen and oxygen atoms in total. The summed E-state index contributed by atoms with van der Waals surface area (Å²) >= 11 is 0. The highest BCUT2D eigenvalue weighted by molar-refractivity contribution is 5.92. The molecule has 1 amide bonds. The van der Waals surface area contributed by atoms with Crippen LogP contribution in [-0.2, 0) is 0 Å². The van der Waals surface area contributed by atoms with Crippen LogP contribution in [0.5, 0.6) is 0 Å². The van der Waals surface area contributed by atoms with Crippen LogP contribution < -0.4 is 10.6 Å². The minimum absolute atomic E-state index is 0.203. The maximum absolute atomic E-state index is 12.0. The van der Waals surface area contributed by atoms with Gasteiger partial charge >= 0.3 is 0 Å². The lowest BCUT2D eigenvalue weighted by molar-refractivity contribution is 0.0914. The van der Waals surface area contributed by atoms with Crippen molar-refractivity contribution in [3.63, 3.8) is 0 Å². The van der Waals surface area contributed by atoms with Crippen molar-refractivity contribution in [3.8, 4) is 6.07 Å². The number of rotatable bonds is 3. The smallest absolute Gasteiger partial charge is 0.270 e. The van der Waals surface area contributed by atoms with E-state index in [0.717, 1.165) is 11.4 Å². The number of benzene rings is 1. The molecule has 0 saturated heterocycles. The van der Waals surface area contributed by atoms with Crippen LogP contribution in [0.3, 0.4) is 0 Å². The summed E-state index contributed by atoms with van der Waals surface area (Å²) in [5, 5.41) is 14.9. The normalized spacial score (nSPS) is 10.6. The molecule has 1 aromatic carbocycles. The van der Waals surface area contributed by atoms with Crippen LogP contribution in [0.25, 0.3) is 0 Å². The van der Waals surface area contributed by atoms with E-state index in [-0.39, 0.29) is 11.4 Å². The predicted octanol–water partition coefficient (Wildman–Crippen LogP) is 3.23. The van der Waals surface area contributed by atoms with Gasteiger partial charge in [-0.2, -0.15) is 5.26 Å². The van der Waals surface area contributed by atoms with Crippen molar-refractivity contribution < 1.29 is 4.79 Å². The number of nitrogens with one attached hydrogen (secondary N) is 2. The number of aromatic nitrogens is 1. The number of amides is 1. The van der Waals surface area contributed by atoms with E-state index in [1.165, 1.54) is 0 Å². The third kappa shape index (κ3) is 4.32. The zero-order valence-corrected chi connectivity index (χ0v) is 12.8. The number of hydrogen-bond donors (Lipinski definition) is 2. The second kappa shape index (κ2) is 6.27. The lowest BCUT2D eigenvalue weighted by Crippen LogP contribution is -2.40. The Bertz CT molecular complexity index is 709. The van der Waals surface area contributed by atoms with E-state index < -0.39 is 0 Å². The lowest BCUT2D eigenvalue weighted by atomic mass is 10.1. The standard InChI is InChI=1S/C17H18N4O/c1-17(2,3)21-16(22)15-8-7-14(11-19-15)20-13-6-4-5-12(9-13)10-18/h4-9,11,20H,1-3H3,(H,21,22). The summed E-state index contributed by atoms with van der Waals surface area (Å²) < 4.78 is 0. The van der Waals surface area contributed by atoms with Crippen molar-refractivity contribution in [2.45, 2.75) is 26.3 Å². The maximum Gasteiger partial charge on any atom is 0.270 e. The predicted molar refractivity (Wildman–Crippen MR) is 85.9 cm³/mol. The van der Waals surface area contributed by atoms with E-state index in [9.17, 15) is 4.79 Å². The second-order valence-electron chi connectivity index (χ2n) is 5.95. The Hall–Kier alpha value is -2.87. The van der Waals surface area contributed by atoms with E-state index in [1.807, 2.05) is 26.8 Å². The van der Waals surface area contributed by atoms with Gasteiger partial charge in [-0.05, 0) is 51.1 Å². The highest BCUT2D eigenvalue weighted by Gasteiger charge is 2.15. The average molecular weight is 294 g/mol. The van der Waals surface area contributed by atoms with Crippen molar-refractivity contribution >= 4 is 17.3 Å². The van der Waals surface area contributed by atoms with E-state index >= 15 is 0 Å². The van der Waals surface area contributed by atoms with Crippen LogP contribution in [0.2, 0.25) is 0 Å². The number of carbonyl (C=O) groups is 1. The number of nitrogens with zero attached hydrogens (tertiary/aromatic N) is 2. The van der Waals surface area contributed by atoms with Gasteiger partial charge in [0.15, 0.2) is 0 Å². The molecule has 0 aliphatic rings. The molecule has 112 valence electrons. The number of nitriles is 1. The minimum atomic E-state index is -0.298. The first-order valence-corrected chi connectivity index (χ1v) is 6.93. The van der Waals surface area contributed by atoms with Gasteiger partial charge in [-0.15, -0.1) is 0 Å². The summed E-state index contributed by atoms with van der Waals surface area (Å²) in [5.41, 5.74) is 2.20. The molecule has 0 bridgehead atoms. The van der Waals surface area contributed by atoms with Crippen LogP contribution in [0.15, 0.2) is 42.6 Å². The first-order chi connectivity index (χ1) is 10.4. The van der Waals surface area contributed by atoms with Crippen LogP contribution in [0.1, 0.15) is 36.8 Å². The summed E-state index contributed by atoms with van der Waals surface area (Å²) in [7, 11) is 0. The van der Waals surface area contributed by atoms with Gasteiger partial charge in [-0.1, -0.05) is 6.07 Å². The van der Waals surface area contributed by atoms with Gasteiger partial charge in [0.25, 0.3) is 5.91 Å². The van der Waals surface area contributed by atoms with E-state index in [0.29, 0.717) is 11.3 Å². The van der Waals surface area contributed by atoms with Crippen LogP contribution in [-0.4, -0.2) is 16.4 Å². The van der Waals surface area contributed by atoms with Gasteiger partial charge in [-0.25, -0.2) is 4.98 Å². The second-order valence-corrected chi connectivity index (χ2v) is 5.95. The topological polar surface area (TPSA) is 77.8 Å². The van der Waals surface area contributed by atoms with Gasteiger partial charge in [0.1, 0.15) is 5.69 Å². The molecule has 0 fully saturated rings. The molecule has 2 aromatic rings. The Kier molecular flexibility index (Phi) is 4.42. The molecule has 1 heterocycles. The fraction of sp³-hybridized carbons (Fsp3) is 0.235. The number of anilines is 2. The summed E-state index contributed by atoms with van der Waals surface area (Å²) in [5.74, 6) is -0.203. The zero-order chi connectivity index (χ0) is 16.2. The van der Waals surface area contributed by atoms with Crippen molar-refractivity contribution in [2.75, 3.05) is 5.32 Å². The Balaban J connectivity index is 2.09. The molecule has 0 unspecified atom stereocenters. The number of carbonyl (C=O) groups excluding carboxylic acids is 1. The molecular formula is C17H18N4O. The highest BCUT2D eigenvalue weighted by Crippen LogP contribution is 2.17. The summed E-state index contributed by atoms with van der Waals surface area (Å²) in [6.45, 7) is 5.76. The van der Waals surface area contributed by atoms with Gasteiger partial charge < -0.3 is 10.6 Å². The summed E-state index contributed by atoms with van der Waals surface area (Å²) in [6.07, 6.45) is 1.59. The maximum atomic E-state index is 12.0. The van der Waals surface area contributed by atoms with E-state index in [2.05, 4.69) is 21.7 Å². The van der Waals surface area contributed by atoms with Crippen LogP contribution in [0.4, 0.5) is 11.4 Å². The van der Waals surface area contributed by atoms with Crippen molar-refractivity contribution in [1.82, 2.24) is 10.3 Å². The first-order valence-electron chi connectivity index (χ1n) is 6.93. The molecule has 0 aliphatic heterocycles. The molecule has 0 spiro atoms. The molecule has 0 aliphatic carbocycles. The lowest BCUT2D eigenvalue weighted by Gasteiger charge is -2.20. The summed E-state index contributed by atoms with van der Waals surface area (Å²) in [4.78, 5) is 16.1. The summed E-state index contributed by atoms with van der Waals surface area (Å²) in [6, 6.07) is 12.7. The monoisotopic (exact) mass is 294 g/mol. The largest absolute Gasteiger partial charge is 0.354 e. The zero-order valence-electron chi connectivity index (χ0n) is 12.8. The molecule has 0 atom stereocenters. The Morgan fingerprint density at radius 3 is 2.55 bits per heavy atom. The average Bonchev–Trinajstić information content (AvgIpc) is 2.46. The van der Waals surface area contributed by atoms with Crippen molar-refractivity contribution in [1.29, 1.82) is 5.26 Å². The first kappa shape index (κ1) is 15.5. The Morgan fingerprint density at radius 1 is 1.18 bits per heavy atom. The van der Waals surface area contributed by atoms with Crippen LogP contribution in [0, 0.1) is 11.3 Å². The van der Waals surface area contributed by atoms with E-state index in [4.69, 9.17) is 5.26 Å². The van der Waals surface area contributed by atoms with Gasteiger partial charge in [-0.3, -0.25) is 4.79 Å². The van der Waals surface area contributed by atoms with Gasteiger partial charge in [0, 0.05) is 11.2 Å². The molecule has 22 heavy (non-hydrogen) atoms.